The fourth-order valence-corrected chi connectivity index (χ4v) is 3.97. The summed E-state index contributed by atoms with van der Waals surface area (Å²) in [7, 11) is 0. The van der Waals surface area contributed by atoms with Gasteiger partial charge in [-0.3, -0.25) is 4.79 Å². The molecule has 6 heteroatoms. The van der Waals surface area contributed by atoms with E-state index in [-0.39, 0.29) is 24.0 Å². The van der Waals surface area contributed by atoms with Crippen molar-refractivity contribution in [2.45, 2.75) is 70.2 Å². The van der Waals surface area contributed by atoms with E-state index < -0.39 is 11.7 Å². The van der Waals surface area contributed by atoms with Crippen LogP contribution >= 0.6 is 0 Å². The van der Waals surface area contributed by atoms with Gasteiger partial charge in [0.2, 0.25) is 0 Å². The third-order valence-corrected chi connectivity index (χ3v) is 4.93. The molecule has 1 unspecified atom stereocenters. The molecule has 1 N–H and O–H groups in total. The Labute approximate surface area is 154 Å². The van der Waals surface area contributed by atoms with E-state index in [0.29, 0.717) is 11.1 Å². The van der Waals surface area contributed by atoms with E-state index in [1.807, 2.05) is 25.7 Å². The minimum Gasteiger partial charge on any atom is -0.444 e. The zero-order valence-corrected chi connectivity index (χ0v) is 15.5. The molecule has 2 amide bonds. The Hall–Kier alpha value is -2.55. The first kappa shape index (κ1) is 18.2. The summed E-state index contributed by atoms with van der Waals surface area (Å²) >= 11 is 0. The van der Waals surface area contributed by atoms with E-state index in [1.165, 1.54) is 0 Å². The van der Waals surface area contributed by atoms with Crippen molar-refractivity contribution in [2.24, 2.45) is 0 Å². The monoisotopic (exact) mass is 355 g/mol. The maximum atomic E-state index is 12.9. The summed E-state index contributed by atoms with van der Waals surface area (Å²) in [6, 6.07) is 9.18. The molecule has 2 bridgehead atoms. The quantitative estimate of drug-likeness (QED) is 0.883. The Balaban J connectivity index is 1.66. The summed E-state index contributed by atoms with van der Waals surface area (Å²) in [5.41, 5.74) is 0.523. The minimum atomic E-state index is -0.522. The normalized spacial score (nSPS) is 24.7. The van der Waals surface area contributed by atoms with Crippen molar-refractivity contribution in [3.63, 3.8) is 0 Å². The van der Waals surface area contributed by atoms with Gasteiger partial charge in [0.25, 0.3) is 5.91 Å². The summed E-state index contributed by atoms with van der Waals surface area (Å²) in [5, 5.41) is 12.0. The topological polar surface area (TPSA) is 82.4 Å². The molecule has 3 atom stereocenters. The molecule has 0 aromatic heterocycles. The predicted octanol–water partition coefficient (Wildman–Crippen LogP) is 3.22. The van der Waals surface area contributed by atoms with Crippen molar-refractivity contribution in [1.29, 1.82) is 5.26 Å². The molecule has 2 aliphatic heterocycles. The number of hydrogen-bond acceptors (Lipinski definition) is 4. The lowest BCUT2D eigenvalue weighted by Gasteiger charge is -2.39. The van der Waals surface area contributed by atoms with Crippen LogP contribution in [0.5, 0.6) is 0 Å². The third-order valence-electron chi connectivity index (χ3n) is 4.93. The molecule has 0 aliphatic carbocycles. The highest BCUT2D eigenvalue weighted by atomic mass is 16.6. The van der Waals surface area contributed by atoms with Gasteiger partial charge in [-0.2, -0.15) is 5.26 Å². The van der Waals surface area contributed by atoms with Crippen molar-refractivity contribution >= 4 is 12.0 Å². The second kappa shape index (κ2) is 6.99. The van der Waals surface area contributed by atoms with Gasteiger partial charge >= 0.3 is 6.09 Å². The number of ether oxygens (including phenoxy) is 1. The van der Waals surface area contributed by atoms with Crippen LogP contribution in [0.1, 0.15) is 62.4 Å². The first-order valence-corrected chi connectivity index (χ1v) is 9.09. The number of fused-ring (bicyclic) bond motifs is 2. The number of amides is 2. The molecular formula is C20H25N3O3. The van der Waals surface area contributed by atoms with Crippen LogP contribution in [0, 0.1) is 11.3 Å². The van der Waals surface area contributed by atoms with Crippen LogP contribution in [0.2, 0.25) is 0 Å². The van der Waals surface area contributed by atoms with Crippen molar-refractivity contribution in [3.05, 3.63) is 35.4 Å². The van der Waals surface area contributed by atoms with Crippen LogP contribution in [0.4, 0.5) is 4.79 Å². The smallest absolute Gasteiger partial charge is 0.407 e. The van der Waals surface area contributed by atoms with Crippen molar-refractivity contribution in [1.82, 2.24) is 10.2 Å². The highest BCUT2D eigenvalue weighted by Gasteiger charge is 2.44. The Morgan fingerprint density at radius 1 is 1.23 bits per heavy atom. The molecule has 0 spiro atoms. The number of carbonyl (C=O) groups excluding carboxylic acids is 2. The number of nitriles is 1. The van der Waals surface area contributed by atoms with Gasteiger partial charge in [-0.1, -0.05) is 6.07 Å². The van der Waals surface area contributed by atoms with Crippen molar-refractivity contribution in [2.75, 3.05) is 0 Å². The van der Waals surface area contributed by atoms with Crippen LogP contribution in [-0.4, -0.2) is 40.6 Å². The Morgan fingerprint density at radius 3 is 2.46 bits per heavy atom. The van der Waals surface area contributed by atoms with Gasteiger partial charge in [0.05, 0.1) is 11.6 Å². The number of nitrogens with zero attached hydrogens (tertiary/aromatic N) is 2. The number of piperidine rings is 1. The molecule has 1 aromatic carbocycles. The zero-order chi connectivity index (χ0) is 18.9. The Kier molecular flexibility index (Phi) is 4.90. The lowest BCUT2D eigenvalue weighted by atomic mass is 9.96. The van der Waals surface area contributed by atoms with E-state index >= 15 is 0 Å². The number of nitrogens with one attached hydrogen (secondary N) is 1. The first-order valence-electron chi connectivity index (χ1n) is 9.09. The van der Waals surface area contributed by atoms with Gasteiger partial charge in [-0.15, -0.1) is 0 Å². The molecule has 0 radical (unpaired) electrons. The molecule has 2 aliphatic rings. The number of alkyl carbamates (subject to hydrolysis) is 1. The minimum absolute atomic E-state index is 0.0229. The summed E-state index contributed by atoms with van der Waals surface area (Å²) in [4.78, 5) is 26.9. The summed E-state index contributed by atoms with van der Waals surface area (Å²) in [6.07, 6.45) is 2.96. The lowest BCUT2D eigenvalue weighted by Crippen LogP contribution is -2.53. The van der Waals surface area contributed by atoms with E-state index in [4.69, 9.17) is 10.00 Å². The van der Waals surface area contributed by atoms with Crippen LogP contribution in [-0.2, 0) is 4.74 Å². The number of carbonyl (C=O) groups is 2. The van der Waals surface area contributed by atoms with Gasteiger partial charge in [-0.05, 0) is 64.7 Å². The van der Waals surface area contributed by atoms with E-state index in [0.717, 1.165) is 25.7 Å². The maximum absolute atomic E-state index is 12.9. The van der Waals surface area contributed by atoms with E-state index in [1.54, 1.807) is 24.3 Å². The molecule has 2 fully saturated rings. The van der Waals surface area contributed by atoms with Crippen molar-refractivity contribution in [3.8, 4) is 6.07 Å². The summed E-state index contributed by atoms with van der Waals surface area (Å²) < 4.78 is 5.34. The number of benzene rings is 1. The summed E-state index contributed by atoms with van der Waals surface area (Å²) in [5.74, 6) is -0.0229. The molecule has 26 heavy (non-hydrogen) atoms. The molecule has 6 nitrogen and oxygen atoms in total. The van der Waals surface area contributed by atoms with Crippen LogP contribution < -0.4 is 5.32 Å². The van der Waals surface area contributed by atoms with E-state index in [2.05, 4.69) is 11.4 Å². The van der Waals surface area contributed by atoms with Gasteiger partial charge in [0.15, 0.2) is 0 Å². The van der Waals surface area contributed by atoms with Crippen LogP contribution in [0.15, 0.2) is 24.3 Å². The molecule has 138 valence electrons. The molecular weight excluding hydrogens is 330 g/mol. The average Bonchev–Trinajstić information content (AvgIpc) is 2.83. The van der Waals surface area contributed by atoms with Crippen LogP contribution in [0.25, 0.3) is 0 Å². The molecule has 2 saturated heterocycles. The fourth-order valence-electron chi connectivity index (χ4n) is 3.97. The Bertz CT molecular complexity index is 733. The molecule has 3 rings (SSSR count). The van der Waals surface area contributed by atoms with Crippen molar-refractivity contribution < 1.29 is 14.3 Å². The average molecular weight is 355 g/mol. The van der Waals surface area contributed by atoms with E-state index in [9.17, 15) is 9.59 Å². The second-order valence-corrected chi connectivity index (χ2v) is 8.10. The summed E-state index contributed by atoms with van der Waals surface area (Å²) in [6.45, 7) is 5.52. The predicted molar refractivity (Wildman–Crippen MR) is 96.5 cm³/mol. The zero-order valence-electron chi connectivity index (χ0n) is 15.5. The largest absolute Gasteiger partial charge is 0.444 e. The maximum Gasteiger partial charge on any atom is 0.407 e. The van der Waals surface area contributed by atoms with Crippen LogP contribution in [0.3, 0.4) is 0 Å². The fraction of sp³-hybridized carbons (Fsp3) is 0.550. The highest BCUT2D eigenvalue weighted by Crippen LogP contribution is 2.37. The molecule has 2 heterocycles. The standard InChI is InChI=1S/C20H25N3O3/c1-20(2,3)26-19(25)22-15-10-16-7-8-17(11-15)23(16)18(24)14-6-4-5-13(9-14)12-21/h4-6,9,15-17H,7-8,10-11H2,1-3H3,(H,22,25)/t15?,16-,17+. The third kappa shape index (κ3) is 3.98. The highest BCUT2D eigenvalue weighted by molar-refractivity contribution is 5.95. The Morgan fingerprint density at radius 2 is 1.88 bits per heavy atom. The molecule has 1 aromatic rings. The van der Waals surface area contributed by atoms with Gasteiger partial charge in [0.1, 0.15) is 5.60 Å². The van der Waals surface area contributed by atoms with Gasteiger partial charge < -0.3 is 15.0 Å². The molecule has 0 saturated carbocycles. The number of rotatable bonds is 2. The van der Waals surface area contributed by atoms with Gasteiger partial charge in [-0.25, -0.2) is 4.79 Å². The van der Waals surface area contributed by atoms with Gasteiger partial charge in [0, 0.05) is 23.7 Å². The SMILES string of the molecule is CC(C)(C)OC(=O)NC1C[C@H]2CC[C@@H](C1)N2C(=O)c1cccc(C#N)c1. The second-order valence-electron chi connectivity index (χ2n) is 8.10. The first-order chi connectivity index (χ1) is 12.3. The lowest BCUT2D eigenvalue weighted by molar-refractivity contribution is 0.0418. The number of hydrogen-bond donors (Lipinski definition) is 1.